The van der Waals surface area contributed by atoms with E-state index >= 15 is 0 Å². The molecule has 1 amide bonds. The predicted octanol–water partition coefficient (Wildman–Crippen LogP) is 3.68. The Balaban J connectivity index is 2.21. The zero-order valence-electron chi connectivity index (χ0n) is 13.5. The van der Waals surface area contributed by atoms with Crippen LogP contribution in [0.25, 0.3) is 0 Å². The van der Waals surface area contributed by atoms with Gasteiger partial charge in [0, 0.05) is 11.4 Å². The van der Waals surface area contributed by atoms with Gasteiger partial charge >= 0.3 is 5.97 Å². The van der Waals surface area contributed by atoms with Gasteiger partial charge in [-0.2, -0.15) is 0 Å². The number of nitrogens with zero attached hydrogens (tertiary/aromatic N) is 2. The van der Waals surface area contributed by atoms with Crippen LogP contribution in [0.1, 0.15) is 40.5 Å². The lowest BCUT2D eigenvalue weighted by Gasteiger charge is -2.18. The first kappa shape index (κ1) is 17.6. The minimum Gasteiger partial charge on any atom is -0.462 e. The number of aryl methyl sites for hydroxylation is 1. The molecule has 0 saturated carbocycles. The zero-order chi connectivity index (χ0) is 16.8. The van der Waals surface area contributed by atoms with Crippen molar-refractivity contribution in [2.45, 2.75) is 33.6 Å². The molecule has 0 aliphatic rings. The smallest absolute Gasteiger partial charge is 0.350 e. The molecular weight excluding hydrogens is 332 g/mol. The van der Waals surface area contributed by atoms with E-state index in [2.05, 4.69) is 4.98 Å². The maximum Gasteiger partial charge on any atom is 0.350 e. The minimum atomic E-state index is -0.379. The molecule has 0 atom stereocenters. The molecular formula is C16H20N2O3S2. The van der Waals surface area contributed by atoms with Crippen molar-refractivity contribution in [1.29, 1.82) is 0 Å². The standard InChI is InChI=1S/C16H20N2O3S2/c1-4-8-18(13(19)10-12-7-6-9-22-12)16-17-11(3)14(23-16)15(20)21-5-2/h6-7,9H,4-5,8,10H2,1-3H3. The van der Waals surface area contributed by atoms with Gasteiger partial charge in [-0.3, -0.25) is 9.69 Å². The molecule has 0 saturated heterocycles. The van der Waals surface area contributed by atoms with E-state index in [1.54, 1.807) is 30.1 Å². The molecule has 0 radical (unpaired) electrons. The molecule has 2 rings (SSSR count). The monoisotopic (exact) mass is 352 g/mol. The van der Waals surface area contributed by atoms with Gasteiger partial charge in [-0.1, -0.05) is 24.3 Å². The maximum atomic E-state index is 12.6. The van der Waals surface area contributed by atoms with Crippen LogP contribution in [0, 0.1) is 6.92 Å². The number of hydrogen-bond acceptors (Lipinski definition) is 6. The van der Waals surface area contributed by atoms with E-state index in [-0.39, 0.29) is 11.9 Å². The molecule has 0 aliphatic carbocycles. The van der Waals surface area contributed by atoms with Crippen LogP contribution in [0.5, 0.6) is 0 Å². The molecule has 124 valence electrons. The number of hydrogen-bond donors (Lipinski definition) is 0. The fraction of sp³-hybridized carbons (Fsp3) is 0.438. The fourth-order valence-corrected chi connectivity index (χ4v) is 3.79. The van der Waals surface area contributed by atoms with Crippen molar-refractivity contribution < 1.29 is 14.3 Å². The first-order valence-corrected chi connectivity index (χ1v) is 9.23. The van der Waals surface area contributed by atoms with Crippen molar-refractivity contribution >= 4 is 39.7 Å². The van der Waals surface area contributed by atoms with Crippen LogP contribution in [-0.4, -0.2) is 30.0 Å². The average Bonchev–Trinajstić information content (AvgIpc) is 3.14. The Morgan fingerprint density at radius 3 is 2.74 bits per heavy atom. The third-order valence-electron chi connectivity index (χ3n) is 3.13. The van der Waals surface area contributed by atoms with E-state index < -0.39 is 0 Å². The number of carbonyl (C=O) groups is 2. The summed E-state index contributed by atoms with van der Waals surface area (Å²) in [5.74, 6) is -0.380. The first-order valence-electron chi connectivity index (χ1n) is 7.54. The number of anilines is 1. The van der Waals surface area contributed by atoms with Crippen molar-refractivity contribution in [3.05, 3.63) is 33.0 Å². The van der Waals surface area contributed by atoms with Gasteiger partial charge < -0.3 is 4.74 Å². The highest BCUT2D eigenvalue weighted by molar-refractivity contribution is 7.17. The van der Waals surface area contributed by atoms with Crippen molar-refractivity contribution in [3.63, 3.8) is 0 Å². The molecule has 2 aromatic heterocycles. The first-order chi connectivity index (χ1) is 11.1. The summed E-state index contributed by atoms with van der Waals surface area (Å²) in [5, 5.41) is 2.52. The largest absolute Gasteiger partial charge is 0.462 e. The zero-order valence-corrected chi connectivity index (χ0v) is 15.1. The summed E-state index contributed by atoms with van der Waals surface area (Å²) in [6.07, 6.45) is 1.18. The second kappa shape index (κ2) is 8.21. The summed E-state index contributed by atoms with van der Waals surface area (Å²) < 4.78 is 5.04. The second-order valence-electron chi connectivity index (χ2n) is 4.93. The van der Waals surface area contributed by atoms with Gasteiger partial charge in [0.1, 0.15) is 4.88 Å². The highest BCUT2D eigenvalue weighted by atomic mass is 32.1. The molecule has 0 spiro atoms. The van der Waals surface area contributed by atoms with Crippen molar-refractivity contribution in [3.8, 4) is 0 Å². The number of amides is 1. The Kier molecular flexibility index (Phi) is 6.29. The molecule has 2 aromatic rings. The molecule has 0 fully saturated rings. The second-order valence-corrected chi connectivity index (χ2v) is 6.94. The number of ether oxygens (including phenoxy) is 1. The van der Waals surface area contributed by atoms with Crippen molar-refractivity contribution in [2.24, 2.45) is 0 Å². The SMILES string of the molecule is CCCN(C(=O)Cc1cccs1)c1nc(C)c(C(=O)OCC)s1. The van der Waals surface area contributed by atoms with E-state index in [1.165, 1.54) is 11.3 Å². The minimum absolute atomic E-state index is 0.00143. The van der Waals surface area contributed by atoms with Crippen LogP contribution in [0.15, 0.2) is 17.5 Å². The number of thiazole rings is 1. The Hall–Kier alpha value is -1.73. The summed E-state index contributed by atoms with van der Waals surface area (Å²) in [6, 6.07) is 3.88. The summed E-state index contributed by atoms with van der Waals surface area (Å²) in [4.78, 5) is 32.1. The lowest BCUT2D eigenvalue weighted by atomic mass is 10.3. The van der Waals surface area contributed by atoms with Crippen LogP contribution in [0.3, 0.4) is 0 Å². The van der Waals surface area contributed by atoms with Crippen LogP contribution >= 0.6 is 22.7 Å². The van der Waals surface area contributed by atoms with E-state index in [1.807, 2.05) is 24.4 Å². The van der Waals surface area contributed by atoms with Crippen LogP contribution < -0.4 is 4.90 Å². The van der Waals surface area contributed by atoms with Gasteiger partial charge in [0.15, 0.2) is 5.13 Å². The molecule has 2 heterocycles. The number of aromatic nitrogens is 1. The Morgan fingerprint density at radius 1 is 1.35 bits per heavy atom. The van der Waals surface area contributed by atoms with E-state index in [0.29, 0.717) is 35.3 Å². The number of esters is 1. The summed E-state index contributed by atoms with van der Waals surface area (Å²) in [5.41, 5.74) is 0.605. The maximum absolute atomic E-state index is 12.6. The molecule has 5 nitrogen and oxygen atoms in total. The Morgan fingerprint density at radius 2 is 2.13 bits per heavy atom. The summed E-state index contributed by atoms with van der Waals surface area (Å²) in [7, 11) is 0. The molecule has 7 heteroatoms. The van der Waals surface area contributed by atoms with Gasteiger partial charge in [0.05, 0.1) is 18.7 Å². The highest BCUT2D eigenvalue weighted by Crippen LogP contribution is 2.28. The molecule has 0 N–H and O–H groups in total. The normalized spacial score (nSPS) is 10.6. The molecule has 0 aromatic carbocycles. The molecule has 23 heavy (non-hydrogen) atoms. The van der Waals surface area contributed by atoms with Crippen molar-refractivity contribution in [1.82, 2.24) is 4.98 Å². The predicted molar refractivity (Wildman–Crippen MR) is 93.5 cm³/mol. The molecule has 0 bridgehead atoms. The lowest BCUT2D eigenvalue weighted by molar-refractivity contribution is -0.117. The number of rotatable bonds is 7. The van der Waals surface area contributed by atoms with Crippen LogP contribution in [0.2, 0.25) is 0 Å². The van der Waals surface area contributed by atoms with Gasteiger partial charge in [-0.25, -0.2) is 9.78 Å². The highest BCUT2D eigenvalue weighted by Gasteiger charge is 2.23. The van der Waals surface area contributed by atoms with Crippen molar-refractivity contribution in [2.75, 3.05) is 18.1 Å². The van der Waals surface area contributed by atoms with Gasteiger partial charge in [0.25, 0.3) is 0 Å². The third-order valence-corrected chi connectivity index (χ3v) is 5.17. The Bertz CT molecular complexity index is 665. The topological polar surface area (TPSA) is 59.5 Å². The average molecular weight is 352 g/mol. The number of carbonyl (C=O) groups excluding carboxylic acids is 2. The summed E-state index contributed by atoms with van der Waals surface area (Å²) in [6.45, 7) is 6.45. The number of thiophene rings is 1. The lowest BCUT2D eigenvalue weighted by Crippen LogP contribution is -2.32. The van der Waals surface area contributed by atoms with Gasteiger partial charge in [-0.05, 0) is 31.7 Å². The molecule has 0 unspecified atom stereocenters. The van der Waals surface area contributed by atoms with E-state index in [4.69, 9.17) is 4.74 Å². The van der Waals surface area contributed by atoms with Crippen LogP contribution in [-0.2, 0) is 16.0 Å². The Labute approximate surface area is 143 Å². The van der Waals surface area contributed by atoms with E-state index in [0.717, 1.165) is 11.3 Å². The quantitative estimate of drug-likeness (QED) is 0.713. The summed E-state index contributed by atoms with van der Waals surface area (Å²) >= 11 is 2.78. The van der Waals surface area contributed by atoms with Crippen LogP contribution in [0.4, 0.5) is 5.13 Å². The third kappa shape index (κ3) is 4.39. The van der Waals surface area contributed by atoms with E-state index in [9.17, 15) is 9.59 Å². The van der Waals surface area contributed by atoms with Gasteiger partial charge in [0.2, 0.25) is 5.91 Å². The van der Waals surface area contributed by atoms with Gasteiger partial charge in [-0.15, -0.1) is 11.3 Å². The molecule has 0 aliphatic heterocycles. The fourth-order valence-electron chi connectivity index (χ4n) is 2.09.